The summed E-state index contributed by atoms with van der Waals surface area (Å²) in [5, 5.41) is 8.94. The summed E-state index contributed by atoms with van der Waals surface area (Å²) < 4.78 is 4.97. The van der Waals surface area contributed by atoms with Crippen LogP contribution in [0.25, 0.3) is 0 Å². The lowest BCUT2D eigenvalue weighted by Crippen LogP contribution is -2.45. The predicted molar refractivity (Wildman–Crippen MR) is 63.1 cm³/mol. The third-order valence-electron chi connectivity index (χ3n) is 3.25. The molecule has 1 aromatic heterocycles. The van der Waals surface area contributed by atoms with Gasteiger partial charge in [-0.25, -0.2) is 4.79 Å². The number of furan rings is 1. The highest BCUT2D eigenvalue weighted by molar-refractivity contribution is 5.86. The zero-order chi connectivity index (χ0) is 12.3. The van der Waals surface area contributed by atoms with E-state index in [2.05, 4.69) is 16.7 Å². The topological polar surface area (TPSA) is 56.9 Å². The van der Waals surface area contributed by atoms with E-state index in [1.165, 1.54) is 6.26 Å². The van der Waals surface area contributed by atoms with E-state index in [0.29, 0.717) is 6.54 Å². The summed E-state index contributed by atoms with van der Waals surface area (Å²) in [5.41, 5.74) is 0.766. The number of carbonyl (C=O) groups is 1. The minimum absolute atomic E-state index is 0.0721. The summed E-state index contributed by atoms with van der Waals surface area (Å²) in [5.74, 6) is -0.917. The lowest BCUT2D eigenvalue weighted by atomic mass is 10.2. The van der Waals surface area contributed by atoms with Gasteiger partial charge in [0.15, 0.2) is 0 Å². The maximum atomic E-state index is 10.9. The number of carboxylic acids is 1. The predicted octanol–water partition coefficient (Wildman–Crippen LogP) is 1.12. The Balaban J connectivity index is 1.93. The van der Waals surface area contributed by atoms with Crippen molar-refractivity contribution in [1.82, 2.24) is 9.80 Å². The monoisotopic (exact) mass is 238 g/mol. The largest absolute Gasteiger partial charge is 0.475 e. The second-order valence-corrected chi connectivity index (χ2v) is 4.29. The van der Waals surface area contributed by atoms with Gasteiger partial charge in [-0.05, 0) is 12.6 Å². The van der Waals surface area contributed by atoms with Crippen LogP contribution >= 0.6 is 0 Å². The van der Waals surface area contributed by atoms with Crippen LogP contribution in [-0.4, -0.2) is 53.6 Å². The molecule has 2 rings (SSSR count). The van der Waals surface area contributed by atoms with Gasteiger partial charge in [0.1, 0.15) is 0 Å². The quantitative estimate of drug-likeness (QED) is 0.851. The zero-order valence-electron chi connectivity index (χ0n) is 10.1. The van der Waals surface area contributed by atoms with E-state index in [-0.39, 0.29) is 5.76 Å². The molecule has 0 aliphatic carbocycles. The summed E-state index contributed by atoms with van der Waals surface area (Å²) in [6.07, 6.45) is 1.45. The van der Waals surface area contributed by atoms with Crippen molar-refractivity contribution in [3.8, 4) is 0 Å². The summed E-state index contributed by atoms with van der Waals surface area (Å²) in [6.45, 7) is 7.98. The van der Waals surface area contributed by atoms with E-state index >= 15 is 0 Å². The molecule has 17 heavy (non-hydrogen) atoms. The van der Waals surface area contributed by atoms with Crippen molar-refractivity contribution >= 4 is 5.97 Å². The number of piperazine rings is 1. The summed E-state index contributed by atoms with van der Waals surface area (Å²) in [7, 11) is 0. The molecule has 0 unspecified atom stereocenters. The molecule has 0 atom stereocenters. The third-order valence-corrected chi connectivity index (χ3v) is 3.25. The summed E-state index contributed by atoms with van der Waals surface area (Å²) in [4.78, 5) is 15.6. The van der Waals surface area contributed by atoms with Gasteiger partial charge in [0.05, 0.1) is 6.26 Å². The zero-order valence-corrected chi connectivity index (χ0v) is 10.1. The molecule has 2 heterocycles. The fourth-order valence-corrected chi connectivity index (χ4v) is 2.15. The molecule has 5 nitrogen and oxygen atoms in total. The number of aromatic carboxylic acids is 1. The maximum absolute atomic E-state index is 10.9. The van der Waals surface area contributed by atoms with Crippen molar-refractivity contribution in [2.45, 2.75) is 13.5 Å². The van der Waals surface area contributed by atoms with Gasteiger partial charge in [0.25, 0.3) is 0 Å². The highest BCUT2D eigenvalue weighted by Gasteiger charge is 2.20. The van der Waals surface area contributed by atoms with Crippen molar-refractivity contribution in [2.75, 3.05) is 32.7 Å². The Hall–Kier alpha value is -1.33. The Kier molecular flexibility index (Phi) is 3.81. The van der Waals surface area contributed by atoms with Crippen molar-refractivity contribution in [1.29, 1.82) is 0 Å². The van der Waals surface area contributed by atoms with Crippen LogP contribution in [0.1, 0.15) is 23.0 Å². The van der Waals surface area contributed by atoms with Gasteiger partial charge in [0, 0.05) is 38.3 Å². The fourth-order valence-electron chi connectivity index (χ4n) is 2.15. The average molecular weight is 238 g/mol. The molecule has 0 radical (unpaired) electrons. The van der Waals surface area contributed by atoms with E-state index in [1.54, 1.807) is 6.07 Å². The Labute approximate surface area is 101 Å². The van der Waals surface area contributed by atoms with Gasteiger partial charge in [-0.2, -0.15) is 0 Å². The number of nitrogens with zero attached hydrogens (tertiary/aromatic N) is 2. The van der Waals surface area contributed by atoms with Crippen molar-refractivity contribution < 1.29 is 14.3 Å². The Bertz CT molecular complexity index is 381. The summed E-state index contributed by atoms with van der Waals surface area (Å²) >= 11 is 0. The first-order valence-corrected chi connectivity index (χ1v) is 5.95. The van der Waals surface area contributed by atoms with Gasteiger partial charge in [-0.3, -0.25) is 4.90 Å². The smallest absolute Gasteiger partial charge is 0.372 e. The first kappa shape index (κ1) is 12.1. The molecular weight excluding hydrogens is 220 g/mol. The van der Waals surface area contributed by atoms with Crippen LogP contribution in [-0.2, 0) is 6.54 Å². The molecule has 1 fully saturated rings. The molecule has 0 bridgehead atoms. The fraction of sp³-hybridized carbons (Fsp3) is 0.583. The molecule has 94 valence electrons. The third kappa shape index (κ3) is 2.87. The second kappa shape index (κ2) is 5.33. The van der Waals surface area contributed by atoms with Crippen molar-refractivity contribution in [3.63, 3.8) is 0 Å². The van der Waals surface area contributed by atoms with Crippen LogP contribution in [0.5, 0.6) is 0 Å². The minimum Gasteiger partial charge on any atom is -0.475 e. The molecule has 0 aromatic carbocycles. The molecule has 0 spiro atoms. The Morgan fingerprint density at radius 1 is 1.35 bits per heavy atom. The molecule has 1 aromatic rings. The van der Waals surface area contributed by atoms with Gasteiger partial charge < -0.3 is 14.4 Å². The standard InChI is InChI=1S/C12H18N2O3/c1-2-13-4-6-14(7-5-13)9-10-3-8-17-11(10)12(15)16/h3,8H,2,4-7,9H2,1H3,(H,15,16). The molecule has 1 N–H and O–H groups in total. The van der Waals surface area contributed by atoms with Crippen LogP contribution in [0.4, 0.5) is 0 Å². The van der Waals surface area contributed by atoms with E-state index < -0.39 is 5.97 Å². The van der Waals surface area contributed by atoms with Gasteiger partial charge >= 0.3 is 5.97 Å². The molecule has 0 amide bonds. The number of carboxylic acid groups (broad SMARTS) is 1. The van der Waals surface area contributed by atoms with Crippen LogP contribution < -0.4 is 0 Å². The lowest BCUT2D eigenvalue weighted by molar-refractivity contribution is 0.0657. The molecule has 5 heteroatoms. The number of likely N-dealkylation sites (N-methyl/N-ethyl adjacent to an activating group) is 1. The highest BCUT2D eigenvalue weighted by atomic mass is 16.4. The van der Waals surface area contributed by atoms with Crippen molar-refractivity contribution in [2.24, 2.45) is 0 Å². The summed E-state index contributed by atoms with van der Waals surface area (Å²) in [6, 6.07) is 1.75. The SMILES string of the molecule is CCN1CCN(Cc2ccoc2C(=O)O)CC1. The van der Waals surface area contributed by atoms with E-state index in [4.69, 9.17) is 9.52 Å². The van der Waals surface area contributed by atoms with Crippen LogP contribution in [0.15, 0.2) is 16.7 Å². The second-order valence-electron chi connectivity index (χ2n) is 4.29. The highest BCUT2D eigenvalue weighted by Crippen LogP contribution is 2.14. The van der Waals surface area contributed by atoms with Gasteiger partial charge in [-0.1, -0.05) is 6.92 Å². The Morgan fingerprint density at radius 2 is 2.00 bits per heavy atom. The van der Waals surface area contributed by atoms with Crippen LogP contribution in [0.2, 0.25) is 0 Å². The molecular formula is C12H18N2O3. The first-order valence-electron chi connectivity index (χ1n) is 5.95. The Morgan fingerprint density at radius 3 is 2.59 bits per heavy atom. The van der Waals surface area contributed by atoms with Crippen molar-refractivity contribution in [3.05, 3.63) is 23.7 Å². The van der Waals surface area contributed by atoms with Gasteiger partial charge in [0.2, 0.25) is 5.76 Å². The number of hydrogen-bond acceptors (Lipinski definition) is 4. The molecule has 1 saturated heterocycles. The number of hydrogen-bond donors (Lipinski definition) is 1. The number of rotatable bonds is 4. The van der Waals surface area contributed by atoms with Gasteiger partial charge in [-0.15, -0.1) is 0 Å². The molecule has 1 aliphatic rings. The molecule has 0 saturated carbocycles. The lowest BCUT2D eigenvalue weighted by Gasteiger charge is -2.33. The average Bonchev–Trinajstić information content (AvgIpc) is 2.78. The van der Waals surface area contributed by atoms with Crippen LogP contribution in [0.3, 0.4) is 0 Å². The first-order chi connectivity index (χ1) is 8.20. The minimum atomic E-state index is -0.989. The van der Waals surface area contributed by atoms with E-state index in [0.717, 1.165) is 38.3 Å². The van der Waals surface area contributed by atoms with Crippen LogP contribution in [0, 0.1) is 0 Å². The maximum Gasteiger partial charge on any atom is 0.372 e. The normalized spacial score (nSPS) is 18.4. The van der Waals surface area contributed by atoms with E-state index in [9.17, 15) is 4.79 Å². The molecule has 1 aliphatic heterocycles. The van der Waals surface area contributed by atoms with E-state index in [1.807, 2.05) is 0 Å².